The highest BCUT2D eigenvalue weighted by atomic mass is 32.1. The van der Waals surface area contributed by atoms with E-state index in [1.54, 1.807) is 0 Å². The molecule has 3 rings (SSSR count). The molecule has 3 aromatic rings. The third-order valence-electron chi connectivity index (χ3n) is 4.02. The highest BCUT2D eigenvalue weighted by molar-refractivity contribution is 7.13. The molecule has 2 aromatic heterocycles. The van der Waals surface area contributed by atoms with Gasteiger partial charge >= 0.3 is 0 Å². The number of anilines is 2. The van der Waals surface area contributed by atoms with Crippen molar-refractivity contribution in [2.45, 2.75) is 26.3 Å². The number of aromatic nitrogens is 2. The zero-order valence-electron chi connectivity index (χ0n) is 15.8. The van der Waals surface area contributed by atoms with E-state index in [-0.39, 0.29) is 18.0 Å². The molecule has 0 unspecified atom stereocenters. The molecule has 7 nitrogen and oxygen atoms in total. The number of nitrogens with one attached hydrogen (secondary N) is 2. The molecule has 0 saturated heterocycles. The van der Waals surface area contributed by atoms with Gasteiger partial charge in [0.15, 0.2) is 5.13 Å². The van der Waals surface area contributed by atoms with Gasteiger partial charge < -0.3 is 15.2 Å². The van der Waals surface area contributed by atoms with Gasteiger partial charge in [-0.1, -0.05) is 13.8 Å². The number of rotatable bonds is 6. The van der Waals surface area contributed by atoms with Crippen LogP contribution in [0.15, 0.2) is 52.8 Å². The lowest BCUT2D eigenvalue weighted by Gasteiger charge is -2.09. The third kappa shape index (κ3) is 5.35. The normalized spacial score (nSPS) is 10.8. The fraction of sp³-hybridized carbons (Fsp3) is 0.200. The zero-order valence-corrected chi connectivity index (χ0v) is 16.6. The summed E-state index contributed by atoms with van der Waals surface area (Å²) in [6, 6.07) is 7.89. The van der Waals surface area contributed by atoms with Crippen LogP contribution < -0.4 is 16.2 Å². The first-order valence-electron chi connectivity index (χ1n) is 8.84. The number of amides is 2. The molecule has 0 spiro atoms. The maximum Gasteiger partial charge on any atom is 0.257 e. The highest BCUT2D eigenvalue weighted by Crippen LogP contribution is 2.21. The average molecular weight is 414 g/mol. The van der Waals surface area contributed by atoms with Crippen LogP contribution in [-0.4, -0.2) is 21.4 Å². The topological polar surface area (TPSA) is 93.1 Å². The van der Waals surface area contributed by atoms with E-state index >= 15 is 0 Å². The number of pyridine rings is 1. The minimum atomic E-state index is -0.479. The van der Waals surface area contributed by atoms with Crippen molar-refractivity contribution >= 4 is 34.0 Å². The Morgan fingerprint density at radius 3 is 2.52 bits per heavy atom. The number of halogens is 1. The quantitative estimate of drug-likeness (QED) is 0.646. The summed E-state index contributed by atoms with van der Waals surface area (Å²) in [4.78, 5) is 41.0. The number of thiazole rings is 1. The molecule has 2 amide bonds. The Morgan fingerprint density at radius 1 is 1.14 bits per heavy atom. The summed E-state index contributed by atoms with van der Waals surface area (Å²) in [6.45, 7) is 3.75. The van der Waals surface area contributed by atoms with E-state index < -0.39 is 23.2 Å². The van der Waals surface area contributed by atoms with Crippen molar-refractivity contribution in [2.75, 3.05) is 10.6 Å². The molecule has 29 heavy (non-hydrogen) atoms. The summed E-state index contributed by atoms with van der Waals surface area (Å²) < 4.78 is 14.1. The Morgan fingerprint density at radius 2 is 1.86 bits per heavy atom. The van der Waals surface area contributed by atoms with Crippen LogP contribution in [0.3, 0.4) is 0 Å². The number of hydrogen-bond acceptors (Lipinski definition) is 5. The Bertz CT molecular complexity index is 1090. The van der Waals surface area contributed by atoms with Crippen molar-refractivity contribution in [1.29, 1.82) is 0 Å². The van der Waals surface area contributed by atoms with Crippen molar-refractivity contribution in [3.05, 3.63) is 75.4 Å². The van der Waals surface area contributed by atoms with Gasteiger partial charge in [-0.2, -0.15) is 0 Å². The minimum Gasteiger partial charge on any atom is -0.322 e. The summed E-state index contributed by atoms with van der Waals surface area (Å²) in [7, 11) is 0. The fourth-order valence-corrected chi connectivity index (χ4v) is 3.34. The monoisotopic (exact) mass is 414 g/mol. The molecule has 0 fully saturated rings. The van der Waals surface area contributed by atoms with Crippen LogP contribution in [0, 0.1) is 5.82 Å². The van der Waals surface area contributed by atoms with Gasteiger partial charge in [0.05, 0.1) is 11.3 Å². The number of carbonyl (C=O) groups excluding carboxylic acids is 2. The van der Waals surface area contributed by atoms with Crippen molar-refractivity contribution in [3.63, 3.8) is 0 Å². The van der Waals surface area contributed by atoms with Crippen molar-refractivity contribution in [3.8, 4) is 0 Å². The summed E-state index contributed by atoms with van der Waals surface area (Å²) in [5, 5.41) is 7.59. The van der Waals surface area contributed by atoms with Gasteiger partial charge in [-0.05, 0) is 36.2 Å². The maximum absolute atomic E-state index is 13.0. The molecule has 0 radical (unpaired) electrons. The number of nitrogens with zero attached hydrogens (tertiary/aromatic N) is 2. The standard InChI is InChI=1S/C20H19FN4O3S/c1-12(2)16-11-29-20(23-16)24-17(26)10-25-9-13(3-8-18(25)27)19(28)22-15-6-4-14(21)5-7-15/h3-9,11-12H,10H2,1-2H3,(H,22,28)(H,23,24,26). The molecular formula is C20H19FN4O3S. The van der Waals surface area contributed by atoms with Gasteiger partial charge in [0.2, 0.25) is 5.91 Å². The zero-order chi connectivity index (χ0) is 21.0. The van der Waals surface area contributed by atoms with Gasteiger partial charge in [0, 0.05) is 23.3 Å². The molecule has 2 N–H and O–H groups in total. The fourth-order valence-electron chi connectivity index (χ4n) is 2.45. The molecule has 9 heteroatoms. The first kappa shape index (κ1) is 20.4. The van der Waals surface area contributed by atoms with E-state index in [4.69, 9.17) is 0 Å². The number of benzene rings is 1. The van der Waals surface area contributed by atoms with Gasteiger partial charge in [0.25, 0.3) is 11.5 Å². The summed E-state index contributed by atoms with van der Waals surface area (Å²) >= 11 is 1.31. The number of hydrogen-bond donors (Lipinski definition) is 2. The second kappa shape index (κ2) is 8.78. The van der Waals surface area contributed by atoms with Gasteiger partial charge in [0.1, 0.15) is 12.4 Å². The number of carbonyl (C=O) groups is 2. The van der Waals surface area contributed by atoms with Crippen LogP contribution in [-0.2, 0) is 11.3 Å². The Labute approximate surface area is 170 Å². The van der Waals surface area contributed by atoms with Crippen LogP contribution in [0.1, 0.15) is 35.8 Å². The predicted molar refractivity (Wildman–Crippen MR) is 110 cm³/mol. The van der Waals surface area contributed by atoms with E-state index in [9.17, 15) is 18.8 Å². The summed E-state index contributed by atoms with van der Waals surface area (Å²) in [6.07, 6.45) is 1.31. The minimum absolute atomic E-state index is 0.193. The van der Waals surface area contributed by atoms with E-state index in [2.05, 4.69) is 15.6 Å². The SMILES string of the molecule is CC(C)c1csc(NC(=O)Cn2cc(C(=O)Nc3ccc(F)cc3)ccc2=O)n1. The largest absolute Gasteiger partial charge is 0.322 e. The first-order chi connectivity index (χ1) is 13.8. The summed E-state index contributed by atoms with van der Waals surface area (Å²) in [5.74, 6) is -1.07. The molecule has 0 bridgehead atoms. The van der Waals surface area contributed by atoms with Crippen LogP contribution >= 0.6 is 11.3 Å². The van der Waals surface area contributed by atoms with Crippen molar-refractivity contribution in [2.24, 2.45) is 0 Å². The predicted octanol–water partition coefficient (Wildman–Crippen LogP) is 3.46. The lowest BCUT2D eigenvalue weighted by atomic mass is 10.2. The van der Waals surface area contributed by atoms with Crippen LogP contribution in [0.2, 0.25) is 0 Å². The average Bonchev–Trinajstić information content (AvgIpc) is 3.14. The molecule has 0 aliphatic carbocycles. The van der Waals surface area contributed by atoms with Gasteiger partial charge in [-0.25, -0.2) is 9.37 Å². The third-order valence-corrected chi connectivity index (χ3v) is 4.80. The Balaban J connectivity index is 1.69. The smallest absolute Gasteiger partial charge is 0.257 e. The van der Waals surface area contributed by atoms with Gasteiger partial charge in [-0.15, -0.1) is 11.3 Å². The second-order valence-corrected chi connectivity index (χ2v) is 7.48. The van der Waals surface area contributed by atoms with Crippen molar-refractivity contribution in [1.82, 2.24) is 9.55 Å². The molecule has 0 saturated carbocycles. The molecule has 0 aliphatic heterocycles. The highest BCUT2D eigenvalue weighted by Gasteiger charge is 2.12. The van der Waals surface area contributed by atoms with Crippen LogP contribution in [0.5, 0.6) is 0 Å². The molecular weight excluding hydrogens is 395 g/mol. The van der Waals surface area contributed by atoms with E-state index in [1.807, 2.05) is 19.2 Å². The van der Waals surface area contributed by atoms with E-state index in [0.717, 1.165) is 10.3 Å². The second-order valence-electron chi connectivity index (χ2n) is 6.63. The van der Waals surface area contributed by atoms with Crippen molar-refractivity contribution < 1.29 is 14.0 Å². The first-order valence-corrected chi connectivity index (χ1v) is 9.72. The van der Waals surface area contributed by atoms with E-state index in [0.29, 0.717) is 10.8 Å². The molecule has 150 valence electrons. The Hall–Kier alpha value is -3.33. The molecule has 1 aromatic carbocycles. The lowest BCUT2D eigenvalue weighted by molar-refractivity contribution is -0.116. The Kier molecular flexibility index (Phi) is 6.18. The summed E-state index contributed by atoms with van der Waals surface area (Å²) in [5.41, 5.74) is 1.07. The van der Waals surface area contributed by atoms with Crippen LogP contribution in [0.25, 0.3) is 0 Å². The maximum atomic E-state index is 13.0. The van der Waals surface area contributed by atoms with Gasteiger partial charge in [-0.3, -0.25) is 14.4 Å². The molecule has 0 atom stereocenters. The lowest BCUT2D eigenvalue weighted by Crippen LogP contribution is -2.28. The molecule has 2 heterocycles. The van der Waals surface area contributed by atoms with E-state index in [1.165, 1.54) is 53.9 Å². The molecule has 0 aliphatic rings. The van der Waals surface area contributed by atoms with Crippen LogP contribution in [0.4, 0.5) is 15.2 Å².